The fraction of sp³-hybridized carbons (Fsp3) is 0.290. The topological polar surface area (TPSA) is 56.8 Å². The highest BCUT2D eigenvalue weighted by molar-refractivity contribution is 6.01. The number of H-pyrrole nitrogens is 1. The minimum absolute atomic E-state index is 0.439. The van der Waals surface area contributed by atoms with Crippen LogP contribution in [0.5, 0.6) is 0 Å². The highest BCUT2D eigenvalue weighted by Crippen LogP contribution is 2.38. The molecule has 5 nitrogen and oxygen atoms in total. The van der Waals surface area contributed by atoms with Crippen LogP contribution in [0.15, 0.2) is 72.9 Å². The molecule has 5 heterocycles. The second-order valence-electron chi connectivity index (χ2n) is 10.3. The van der Waals surface area contributed by atoms with Gasteiger partial charge in [0.05, 0.1) is 27.8 Å². The summed E-state index contributed by atoms with van der Waals surface area (Å²) >= 11 is 0. The van der Waals surface area contributed by atoms with Crippen molar-refractivity contribution in [1.29, 1.82) is 0 Å². The molecular formula is C31H31N5. The first-order valence-electron chi connectivity index (χ1n) is 13.2. The van der Waals surface area contributed by atoms with Crippen molar-refractivity contribution in [2.24, 2.45) is 5.92 Å². The van der Waals surface area contributed by atoms with Crippen LogP contribution in [0.3, 0.4) is 0 Å². The van der Waals surface area contributed by atoms with Gasteiger partial charge in [0.15, 0.2) is 0 Å². The van der Waals surface area contributed by atoms with Crippen molar-refractivity contribution in [2.45, 2.75) is 32.2 Å². The summed E-state index contributed by atoms with van der Waals surface area (Å²) in [5.74, 6) is 1.58. The molecule has 0 saturated carbocycles. The van der Waals surface area contributed by atoms with E-state index in [1.54, 1.807) is 0 Å². The summed E-state index contributed by atoms with van der Waals surface area (Å²) in [6.45, 7) is 5.76. The fourth-order valence-electron chi connectivity index (χ4n) is 6.03. The molecule has 180 valence electrons. The van der Waals surface area contributed by atoms with Crippen molar-refractivity contribution in [3.8, 4) is 22.5 Å². The lowest BCUT2D eigenvalue weighted by Gasteiger charge is -2.45. The zero-order valence-electron chi connectivity index (χ0n) is 20.7. The van der Waals surface area contributed by atoms with Gasteiger partial charge < -0.3 is 15.2 Å². The van der Waals surface area contributed by atoms with Gasteiger partial charge in [-0.05, 0) is 79.2 Å². The fourth-order valence-corrected chi connectivity index (χ4v) is 6.03. The molecule has 3 saturated heterocycles. The van der Waals surface area contributed by atoms with Gasteiger partial charge in [0.25, 0.3) is 0 Å². The number of aromatic nitrogens is 3. The lowest BCUT2D eigenvalue weighted by molar-refractivity contribution is 0.0976. The minimum atomic E-state index is 0.439. The molecule has 0 radical (unpaired) electrons. The van der Waals surface area contributed by atoms with Crippen molar-refractivity contribution >= 4 is 27.6 Å². The van der Waals surface area contributed by atoms with E-state index in [0.717, 1.165) is 52.0 Å². The van der Waals surface area contributed by atoms with Crippen molar-refractivity contribution in [2.75, 3.05) is 25.0 Å². The van der Waals surface area contributed by atoms with Gasteiger partial charge in [-0.3, -0.25) is 4.98 Å². The van der Waals surface area contributed by atoms with Crippen LogP contribution in [0.2, 0.25) is 0 Å². The number of pyridine rings is 1. The summed E-state index contributed by atoms with van der Waals surface area (Å²) in [5.41, 5.74) is 9.02. The first-order valence-corrected chi connectivity index (χ1v) is 13.2. The molecule has 2 aromatic heterocycles. The number of aryl methyl sites for hydroxylation is 1. The highest BCUT2D eigenvalue weighted by atomic mass is 15.2. The Morgan fingerprint density at radius 1 is 0.944 bits per heavy atom. The number of anilines is 1. The average molecular weight is 474 g/mol. The van der Waals surface area contributed by atoms with Crippen LogP contribution in [-0.4, -0.2) is 45.5 Å². The number of hydrogen-bond acceptors (Lipinski definition) is 4. The largest absolute Gasteiger partial charge is 0.380 e. The molecule has 2 bridgehead atoms. The van der Waals surface area contributed by atoms with Gasteiger partial charge >= 0.3 is 0 Å². The summed E-state index contributed by atoms with van der Waals surface area (Å²) in [6, 6.07) is 24.2. The van der Waals surface area contributed by atoms with E-state index in [9.17, 15) is 0 Å². The number of nitrogens with zero attached hydrogens (tertiary/aromatic N) is 3. The van der Waals surface area contributed by atoms with Crippen LogP contribution in [0.4, 0.5) is 5.69 Å². The van der Waals surface area contributed by atoms with Gasteiger partial charge in [0, 0.05) is 24.2 Å². The lowest BCUT2D eigenvalue weighted by Crippen LogP contribution is -2.53. The van der Waals surface area contributed by atoms with Crippen molar-refractivity contribution < 1.29 is 0 Å². The third kappa shape index (κ3) is 3.75. The maximum atomic E-state index is 4.95. The molecule has 8 rings (SSSR count). The van der Waals surface area contributed by atoms with Gasteiger partial charge in [0.1, 0.15) is 5.82 Å². The van der Waals surface area contributed by atoms with Crippen LogP contribution >= 0.6 is 0 Å². The number of fused-ring (bicyclic) bond motifs is 5. The lowest BCUT2D eigenvalue weighted by atomic mass is 9.83. The molecule has 5 aromatic rings. The van der Waals surface area contributed by atoms with E-state index in [-0.39, 0.29) is 0 Å². The Labute approximate surface area is 211 Å². The van der Waals surface area contributed by atoms with E-state index in [1.165, 1.54) is 42.6 Å². The number of benzene rings is 3. The second kappa shape index (κ2) is 8.75. The van der Waals surface area contributed by atoms with Crippen molar-refractivity contribution in [3.05, 3.63) is 78.5 Å². The molecule has 3 aliphatic rings. The summed E-state index contributed by atoms with van der Waals surface area (Å²) in [5, 5.41) is 5.18. The van der Waals surface area contributed by atoms with Gasteiger partial charge in [-0.1, -0.05) is 49.4 Å². The molecule has 5 heteroatoms. The van der Waals surface area contributed by atoms with E-state index in [0.29, 0.717) is 12.0 Å². The Bertz CT molecular complexity index is 1510. The monoisotopic (exact) mass is 473 g/mol. The van der Waals surface area contributed by atoms with Gasteiger partial charge in [-0.25, -0.2) is 4.98 Å². The third-order valence-corrected chi connectivity index (χ3v) is 8.19. The summed E-state index contributed by atoms with van der Waals surface area (Å²) < 4.78 is 0. The molecule has 3 aromatic carbocycles. The van der Waals surface area contributed by atoms with Crippen LogP contribution < -0.4 is 5.32 Å². The number of hydrogen-bond donors (Lipinski definition) is 2. The van der Waals surface area contributed by atoms with Crippen LogP contribution in [-0.2, 0) is 6.42 Å². The van der Waals surface area contributed by atoms with Crippen LogP contribution in [0.25, 0.3) is 44.5 Å². The summed E-state index contributed by atoms with van der Waals surface area (Å²) in [4.78, 5) is 16.0. The maximum absolute atomic E-state index is 4.95. The van der Waals surface area contributed by atoms with E-state index in [1.807, 2.05) is 18.3 Å². The smallest absolute Gasteiger partial charge is 0.142 e. The molecule has 0 aliphatic carbocycles. The summed E-state index contributed by atoms with van der Waals surface area (Å²) in [7, 11) is 0. The quantitative estimate of drug-likeness (QED) is 0.305. The Hall–Kier alpha value is -3.70. The van der Waals surface area contributed by atoms with E-state index in [4.69, 9.17) is 9.97 Å². The zero-order valence-corrected chi connectivity index (χ0v) is 20.7. The standard InChI is InChI=1S/C31H31N5/c1-2-20-7-9-21(10-8-20)23-11-12-26-24(17-23)30(33-29-19-36-15-13-22(29)14-16-36)25(18-32-26)31-34-27-5-3-4-6-28(27)35-31/h3-12,17-18,22,29H,2,13-16,19H2,1H3,(H,32,33)(H,34,35)/t29-/m0/s1. The maximum Gasteiger partial charge on any atom is 0.142 e. The van der Waals surface area contributed by atoms with Crippen LogP contribution in [0, 0.1) is 5.92 Å². The van der Waals surface area contributed by atoms with E-state index >= 15 is 0 Å². The molecule has 0 amide bonds. The third-order valence-electron chi connectivity index (χ3n) is 8.19. The zero-order chi connectivity index (χ0) is 24.1. The molecule has 0 spiro atoms. The second-order valence-corrected chi connectivity index (χ2v) is 10.3. The van der Waals surface area contributed by atoms with Crippen LogP contribution in [0.1, 0.15) is 25.3 Å². The SMILES string of the molecule is CCc1ccc(-c2ccc3ncc(-c4nc5ccccc5[nH]4)c(N[C@H]4CN5CCC4CC5)c3c2)cc1. The Kier molecular flexibility index (Phi) is 5.24. The predicted molar refractivity (Wildman–Crippen MR) is 148 cm³/mol. The Morgan fingerprint density at radius 3 is 2.50 bits per heavy atom. The van der Waals surface area contributed by atoms with E-state index < -0.39 is 0 Å². The molecule has 2 N–H and O–H groups in total. The number of imidazole rings is 1. The molecule has 3 fully saturated rings. The van der Waals surface area contributed by atoms with Gasteiger partial charge in [0.2, 0.25) is 0 Å². The molecule has 36 heavy (non-hydrogen) atoms. The minimum Gasteiger partial charge on any atom is -0.380 e. The number of rotatable bonds is 5. The molecule has 3 aliphatic heterocycles. The first-order chi connectivity index (χ1) is 17.7. The van der Waals surface area contributed by atoms with Gasteiger partial charge in [-0.15, -0.1) is 0 Å². The van der Waals surface area contributed by atoms with E-state index in [2.05, 4.69) is 76.7 Å². The average Bonchev–Trinajstić information content (AvgIpc) is 3.38. The first kappa shape index (κ1) is 21.6. The molecule has 0 unspecified atom stereocenters. The number of piperidine rings is 3. The summed E-state index contributed by atoms with van der Waals surface area (Å²) in [6.07, 6.45) is 5.58. The molecular weight excluding hydrogens is 442 g/mol. The predicted octanol–water partition coefficient (Wildman–Crippen LogP) is 6.51. The van der Waals surface area contributed by atoms with Crippen molar-refractivity contribution in [3.63, 3.8) is 0 Å². The number of para-hydroxylation sites is 2. The van der Waals surface area contributed by atoms with Crippen molar-refractivity contribution in [1.82, 2.24) is 19.9 Å². The molecule has 1 atom stereocenters. The highest BCUT2D eigenvalue weighted by Gasteiger charge is 2.34. The number of nitrogens with one attached hydrogen (secondary N) is 2. The Morgan fingerprint density at radius 2 is 1.75 bits per heavy atom. The Balaban J connectivity index is 1.38. The normalized spacial score (nSPS) is 21.3. The number of aromatic amines is 1. The van der Waals surface area contributed by atoms with Gasteiger partial charge in [-0.2, -0.15) is 0 Å².